The molecule has 7 heteroatoms. The highest BCUT2D eigenvalue weighted by Crippen LogP contribution is 2.26. The predicted octanol–water partition coefficient (Wildman–Crippen LogP) is 3.92. The summed E-state index contributed by atoms with van der Waals surface area (Å²) in [5.41, 5.74) is 6.31. The van der Waals surface area contributed by atoms with E-state index in [1.165, 1.54) is 18.3 Å². The van der Waals surface area contributed by atoms with Crippen LogP contribution in [0.4, 0.5) is 10.8 Å². The van der Waals surface area contributed by atoms with Crippen LogP contribution in [0.5, 0.6) is 5.75 Å². The highest BCUT2D eigenvalue weighted by molar-refractivity contribution is 7.14. The summed E-state index contributed by atoms with van der Waals surface area (Å²) in [7, 11) is 0. The number of hydrogen-bond donors (Lipinski definition) is 3. The van der Waals surface area contributed by atoms with Gasteiger partial charge in [0, 0.05) is 23.6 Å². The van der Waals surface area contributed by atoms with Crippen LogP contribution in [-0.4, -0.2) is 22.2 Å². The summed E-state index contributed by atoms with van der Waals surface area (Å²) in [5.74, 6) is 0.124. The Morgan fingerprint density at radius 2 is 1.88 bits per heavy atom. The molecule has 0 aliphatic rings. The van der Waals surface area contributed by atoms with E-state index >= 15 is 0 Å². The van der Waals surface area contributed by atoms with E-state index in [1.54, 1.807) is 30.5 Å². The van der Waals surface area contributed by atoms with E-state index in [2.05, 4.69) is 20.8 Å². The summed E-state index contributed by atoms with van der Waals surface area (Å²) >= 11 is 1.45. The van der Waals surface area contributed by atoms with Gasteiger partial charge in [-0.05, 0) is 42.0 Å². The molecule has 3 N–H and O–H groups in total. The zero-order valence-corrected chi connectivity index (χ0v) is 14.2. The molecule has 0 saturated carbocycles. The number of nitrogens with zero attached hydrogens (tertiary/aromatic N) is 2. The van der Waals surface area contributed by atoms with Crippen LogP contribution >= 0.6 is 11.3 Å². The van der Waals surface area contributed by atoms with Crippen LogP contribution < -0.4 is 10.7 Å². The van der Waals surface area contributed by atoms with Gasteiger partial charge in [-0.3, -0.25) is 10.2 Å². The van der Waals surface area contributed by atoms with Crippen LogP contribution in [0.25, 0.3) is 11.3 Å². The fraction of sp³-hybridized carbons (Fsp3) is 0.0556. The van der Waals surface area contributed by atoms with Crippen molar-refractivity contribution in [2.24, 2.45) is 5.10 Å². The molecule has 0 aliphatic carbocycles. The molecule has 0 aliphatic heterocycles. The minimum Gasteiger partial charge on any atom is -0.508 e. The molecule has 126 valence electrons. The maximum absolute atomic E-state index is 11.0. The largest absolute Gasteiger partial charge is 0.508 e. The third-order valence-electron chi connectivity index (χ3n) is 3.27. The second-order valence-corrected chi connectivity index (χ2v) is 6.12. The number of phenolic OH excluding ortho intramolecular Hbond substituents is 1. The van der Waals surface area contributed by atoms with Crippen LogP contribution in [0.1, 0.15) is 12.5 Å². The number of hydrazone groups is 1. The van der Waals surface area contributed by atoms with Crippen molar-refractivity contribution in [3.8, 4) is 17.0 Å². The number of carbonyl (C=O) groups is 1. The van der Waals surface area contributed by atoms with Crippen molar-refractivity contribution in [3.63, 3.8) is 0 Å². The molecule has 0 saturated heterocycles. The number of carbonyl (C=O) groups excluding carboxylic acids is 1. The number of hydrogen-bond acceptors (Lipinski definition) is 6. The third-order valence-corrected chi connectivity index (χ3v) is 4.02. The zero-order valence-electron chi connectivity index (χ0n) is 13.4. The number of phenols is 1. The van der Waals surface area contributed by atoms with E-state index in [-0.39, 0.29) is 11.7 Å². The molecule has 0 spiro atoms. The standard InChI is InChI=1S/C18H16N4O2S/c1-12(23)20-15-6-4-14(5-7-15)17-11-25-18(21-17)22-19-10-13-2-8-16(24)9-3-13/h2-11,24H,1H3,(H,20,23)(H,21,22)/b19-10-. The Morgan fingerprint density at radius 1 is 1.16 bits per heavy atom. The lowest BCUT2D eigenvalue weighted by atomic mass is 10.1. The monoisotopic (exact) mass is 352 g/mol. The van der Waals surface area contributed by atoms with Crippen molar-refractivity contribution >= 4 is 34.3 Å². The maximum Gasteiger partial charge on any atom is 0.221 e. The van der Waals surface area contributed by atoms with Crippen LogP contribution in [0.2, 0.25) is 0 Å². The first kappa shape index (κ1) is 16.7. The zero-order chi connectivity index (χ0) is 17.6. The number of nitrogens with one attached hydrogen (secondary N) is 2. The Morgan fingerprint density at radius 3 is 2.56 bits per heavy atom. The summed E-state index contributed by atoms with van der Waals surface area (Å²) in [6.45, 7) is 1.48. The molecule has 3 aromatic rings. The molecule has 0 atom stereocenters. The van der Waals surface area contributed by atoms with E-state index in [0.29, 0.717) is 5.13 Å². The minimum atomic E-state index is -0.0978. The Balaban J connectivity index is 1.63. The van der Waals surface area contributed by atoms with Crippen molar-refractivity contribution in [1.29, 1.82) is 0 Å². The summed E-state index contributed by atoms with van der Waals surface area (Å²) in [4.78, 5) is 15.5. The fourth-order valence-electron chi connectivity index (χ4n) is 2.11. The number of benzene rings is 2. The molecular formula is C18H16N4O2S. The molecule has 1 aromatic heterocycles. The normalized spacial score (nSPS) is 10.8. The molecule has 0 fully saturated rings. The second kappa shape index (κ2) is 7.59. The van der Waals surface area contributed by atoms with Gasteiger partial charge in [-0.25, -0.2) is 4.98 Å². The van der Waals surface area contributed by atoms with E-state index in [0.717, 1.165) is 22.5 Å². The van der Waals surface area contributed by atoms with E-state index in [1.807, 2.05) is 29.6 Å². The third kappa shape index (κ3) is 4.65. The van der Waals surface area contributed by atoms with Crippen LogP contribution in [0.15, 0.2) is 59.0 Å². The molecule has 2 aromatic carbocycles. The highest BCUT2D eigenvalue weighted by atomic mass is 32.1. The topological polar surface area (TPSA) is 86.6 Å². The summed E-state index contributed by atoms with van der Waals surface area (Å²) in [6.07, 6.45) is 1.66. The van der Waals surface area contributed by atoms with Crippen LogP contribution in [-0.2, 0) is 4.79 Å². The van der Waals surface area contributed by atoms with Gasteiger partial charge >= 0.3 is 0 Å². The molecule has 1 heterocycles. The molecule has 0 unspecified atom stereocenters. The van der Waals surface area contributed by atoms with Crippen molar-refractivity contribution in [3.05, 3.63) is 59.5 Å². The highest BCUT2D eigenvalue weighted by Gasteiger charge is 2.04. The molecule has 3 rings (SSSR count). The van der Waals surface area contributed by atoms with Gasteiger partial charge in [0.05, 0.1) is 11.9 Å². The van der Waals surface area contributed by atoms with Gasteiger partial charge in [0.2, 0.25) is 11.0 Å². The summed E-state index contributed by atoms with van der Waals surface area (Å²) < 4.78 is 0. The first-order valence-electron chi connectivity index (χ1n) is 7.52. The molecule has 0 radical (unpaired) electrons. The van der Waals surface area contributed by atoms with Crippen LogP contribution in [0, 0.1) is 0 Å². The maximum atomic E-state index is 11.0. The Hall–Kier alpha value is -3.19. The number of aromatic nitrogens is 1. The van der Waals surface area contributed by atoms with Crippen LogP contribution in [0.3, 0.4) is 0 Å². The van der Waals surface area contributed by atoms with Crippen molar-refractivity contribution in [2.75, 3.05) is 10.7 Å². The van der Waals surface area contributed by atoms with E-state index in [4.69, 9.17) is 0 Å². The summed E-state index contributed by atoms with van der Waals surface area (Å²) in [5, 5.41) is 18.7. The quantitative estimate of drug-likeness (QED) is 0.480. The number of anilines is 2. The molecule has 0 bridgehead atoms. The van der Waals surface area contributed by atoms with Gasteiger partial charge in [0.25, 0.3) is 0 Å². The predicted molar refractivity (Wildman–Crippen MR) is 101 cm³/mol. The lowest BCUT2D eigenvalue weighted by Crippen LogP contribution is -2.05. The molecule has 6 nitrogen and oxygen atoms in total. The van der Waals surface area contributed by atoms with Gasteiger partial charge in [-0.15, -0.1) is 11.3 Å². The first-order valence-corrected chi connectivity index (χ1v) is 8.40. The Labute approximate surface area is 148 Å². The lowest BCUT2D eigenvalue weighted by molar-refractivity contribution is -0.114. The van der Waals surface area contributed by atoms with Gasteiger partial charge in [-0.2, -0.15) is 5.10 Å². The average Bonchev–Trinajstić information content (AvgIpc) is 3.06. The number of rotatable bonds is 5. The van der Waals surface area contributed by atoms with Gasteiger partial charge < -0.3 is 10.4 Å². The van der Waals surface area contributed by atoms with Crippen molar-refractivity contribution in [2.45, 2.75) is 6.92 Å². The van der Waals surface area contributed by atoms with Crippen molar-refractivity contribution in [1.82, 2.24) is 4.98 Å². The number of aromatic hydroxyl groups is 1. The first-order chi connectivity index (χ1) is 12.1. The van der Waals surface area contributed by atoms with Gasteiger partial charge in [0.1, 0.15) is 5.75 Å². The average molecular weight is 352 g/mol. The van der Waals surface area contributed by atoms with Gasteiger partial charge in [-0.1, -0.05) is 12.1 Å². The Kier molecular flexibility index (Phi) is 5.06. The fourth-order valence-corrected chi connectivity index (χ4v) is 2.78. The van der Waals surface area contributed by atoms with E-state index in [9.17, 15) is 9.90 Å². The van der Waals surface area contributed by atoms with E-state index < -0.39 is 0 Å². The van der Waals surface area contributed by atoms with Crippen molar-refractivity contribution < 1.29 is 9.90 Å². The molecule has 25 heavy (non-hydrogen) atoms. The van der Waals surface area contributed by atoms with Gasteiger partial charge in [0.15, 0.2) is 0 Å². The SMILES string of the molecule is CC(=O)Nc1ccc(-c2csc(N/N=C\c3ccc(O)cc3)n2)cc1. The Bertz CT molecular complexity index is 886. The second-order valence-electron chi connectivity index (χ2n) is 5.26. The molecular weight excluding hydrogens is 336 g/mol. The smallest absolute Gasteiger partial charge is 0.221 e. The number of thiazole rings is 1. The molecule has 1 amide bonds. The number of amides is 1. The summed E-state index contributed by atoms with van der Waals surface area (Å²) in [6, 6.07) is 14.2. The lowest BCUT2D eigenvalue weighted by Gasteiger charge is -2.02. The minimum absolute atomic E-state index is 0.0978.